The molecule has 7 nitrogen and oxygen atoms in total. The van der Waals surface area contributed by atoms with Crippen LogP contribution in [-0.4, -0.2) is 27.0 Å². The lowest BCUT2D eigenvalue weighted by Crippen LogP contribution is -2.31. The minimum absolute atomic E-state index is 0.0686. The van der Waals surface area contributed by atoms with E-state index >= 15 is 0 Å². The number of anilines is 1. The van der Waals surface area contributed by atoms with Crippen molar-refractivity contribution in [2.45, 2.75) is 6.42 Å². The van der Waals surface area contributed by atoms with E-state index in [4.69, 9.17) is 33.7 Å². The number of hydrogen-bond acceptors (Lipinski definition) is 6. The molecule has 3 aromatic carbocycles. The Hall–Kier alpha value is -4.51. The van der Waals surface area contributed by atoms with E-state index in [0.717, 1.165) is 11.3 Å². The Balaban J connectivity index is 1.60. The minimum atomic E-state index is -0.380. The summed E-state index contributed by atoms with van der Waals surface area (Å²) in [5.74, 6) is -0.380. The van der Waals surface area contributed by atoms with Gasteiger partial charge in [-0.25, -0.2) is 4.68 Å². The highest BCUT2D eigenvalue weighted by molar-refractivity contribution is 6.73. The first-order valence-electron chi connectivity index (χ1n) is 11.2. The average Bonchev–Trinajstić information content (AvgIpc) is 3.35. The maximum Gasteiger partial charge on any atom is 0.189 e. The van der Waals surface area contributed by atoms with Gasteiger partial charge < -0.3 is 0 Å². The molecule has 5 rings (SSSR count). The van der Waals surface area contributed by atoms with Crippen LogP contribution in [0, 0.1) is 16.7 Å². The molecule has 1 aliphatic rings. The van der Waals surface area contributed by atoms with Gasteiger partial charge in [-0.15, -0.1) is 0 Å². The topological polar surface area (TPSA) is 107 Å². The van der Waals surface area contributed by atoms with Crippen LogP contribution in [0.5, 0.6) is 0 Å². The Kier molecular flexibility index (Phi) is 6.69. The summed E-state index contributed by atoms with van der Waals surface area (Å²) in [6.45, 7) is 0. The molecule has 0 bridgehead atoms. The Morgan fingerprint density at radius 1 is 0.973 bits per heavy atom. The van der Waals surface area contributed by atoms with Crippen LogP contribution in [0.1, 0.15) is 12.0 Å². The SMILES string of the molecule is N#CC1=C(c2cn(-c3ccccc3)nc2-c2ccc(Cl)cc2)CC(=O)/C(=N/Nc2ccc(Cl)cc2)C1=N. The molecule has 0 saturated carbocycles. The molecule has 1 heterocycles. The van der Waals surface area contributed by atoms with E-state index in [9.17, 15) is 10.1 Å². The summed E-state index contributed by atoms with van der Waals surface area (Å²) in [6.07, 6.45) is 1.67. The maximum absolute atomic E-state index is 13.2. The number of nitrogens with one attached hydrogen (secondary N) is 2. The fourth-order valence-corrected chi connectivity index (χ4v) is 4.24. The van der Waals surface area contributed by atoms with Crippen LogP contribution in [0.25, 0.3) is 22.5 Å². The number of carbonyl (C=O) groups excluding carboxylic acids is 1. The minimum Gasteiger partial charge on any atom is -0.297 e. The number of aromatic nitrogens is 2. The van der Waals surface area contributed by atoms with Crippen molar-refractivity contribution in [3.05, 3.63) is 106 Å². The van der Waals surface area contributed by atoms with Crippen molar-refractivity contribution >= 4 is 51.7 Å². The van der Waals surface area contributed by atoms with Crippen LogP contribution in [-0.2, 0) is 4.79 Å². The number of para-hydroxylation sites is 1. The molecule has 0 atom stereocenters. The lowest BCUT2D eigenvalue weighted by molar-refractivity contribution is -0.111. The van der Waals surface area contributed by atoms with Crippen molar-refractivity contribution < 1.29 is 4.79 Å². The van der Waals surface area contributed by atoms with E-state index in [1.165, 1.54) is 0 Å². The normalized spacial score (nSPS) is 14.7. The first-order valence-corrected chi connectivity index (χ1v) is 12.0. The molecule has 0 fully saturated rings. The molecule has 4 aromatic rings. The first kappa shape index (κ1) is 24.2. The number of carbonyl (C=O) groups is 1. The van der Waals surface area contributed by atoms with Gasteiger partial charge in [0, 0.05) is 33.8 Å². The Morgan fingerprint density at radius 2 is 1.62 bits per heavy atom. The number of benzene rings is 3. The Bertz CT molecular complexity index is 1610. The fourth-order valence-electron chi connectivity index (χ4n) is 3.99. The fraction of sp³-hybridized carbons (Fsp3) is 0.0357. The van der Waals surface area contributed by atoms with Crippen LogP contribution in [0.15, 0.2) is 95.7 Å². The molecular weight excluding hydrogens is 507 g/mol. The predicted molar refractivity (Wildman–Crippen MR) is 146 cm³/mol. The molecule has 2 N–H and O–H groups in total. The number of halogens is 2. The first-order chi connectivity index (χ1) is 17.9. The third kappa shape index (κ3) is 4.94. The number of hydrazone groups is 1. The zero-order valence-electron chi connectivity index (χ0n) is 19.2. The third-order valence-corrected chi connectivity index (χ3v) is 6.32. The number of allylic oxidation sites excluding steroid dienone is 2. The van der Waals surface area contributed by atoms with Gasteiger partial charge in [0.1, 0.15) is 17.5 Å². The molecule has 0 unspecified atom stereocenters. The highest BCUT2D eigenvalue weighted by Crippen LogP contribution is 2.35. The molecule has 0 saturated heterocycles. The van der Waals surface area contributed by atoms with Crippen LogP contribution in [0.3, 0.4) is 0 Å². The highest BCUT2D eigenvalue weighted by Gasteiger charge is 2.33. The summed E-state index contributed by atoms with van der Waals surface area (Å²) in [7, 11) is 0. The lowest BCUT2D eigenvalue weighted by atomic mass is 9.84. The van der Waals surface area contributed by atoms with Gasteiger partial charge >= 0.3 is 0 Å². The van der Waals surface area contributed by atoms with Gasteiger partial charge in [0.05, 0.1) is 16.9 Å². The van der Waals surface area contributed by atoms with Gasteiger partial charge in [0.15, 0.2) is 11.5 Å². The van der Waals surface area contributed by atoms with E-state index in [-0.39, 0.29) is 29.2 Å². The van der Waals surface area contributed by atoms with Gasteiger partial charge in [-0.2, -0.15) is 15.5 Å². The average molecular weight is 525 g/mol. The second kappa shape index (κ2) is 10.2. The van der Waals surface area contributed by atoms with E-state index in [1.54, 1.807) is 47.3 Å². The second-order valence-corrected chi connectivity index (χ2v) is 9.07. The lowest BCUT2D eigenvalue weighted by Gasteiger charge is -2.18. The van der Waals surface area contributed by atoms with Gasteiger partial charge in [0.2, 0.25) is 0 Å². The summed E-state index contributed by atoms with van der Waals surface area (Å²) in [4.78, 5) is 13.2. The molecular formula is C28H18Cl2N6O. The smallest absolute Gasteiger partial charge is 0.189 e. The van der Waals surface area contributed by atoms with Crippen molar-refractivity contribution in [1.82, 2.24) is 9.78 Å². The summed E-state index contributed by atoms with van der Waals surface area (Å²) in [6, 6.07) is 25.6. The molecule has 1 aromatic heterocycles. The monoisotopic (exact) mass is 524 g/mol. The van der Waals surface area contributed by atoms with E-state index in [0.29, 0.717) is 32.6 Å². The number of nitriles is 1. The number of hydrogen-bond donors (Lipinski definition) is 2. The molecule has 37 heavy (non-hydrogen) atoms. The Labute approximate surface area is 222 Å². The quantitative estimate of drug-likeness (QED) is 0.287. The second-order valence-electron chi connectivity index (χ2n) is 8.20. The summed E-state index contributed by atoms with van der Waals surface area (Å²) in [5.41, 5.74) is 6.25. The molecule has 0 radical (unpaired) electrons. The summed E-state index contributed by atoms with van der Waals surface area (Å²) >= 11 is 12.0. The Morgan fingerprint density at radius 3 is 2.27 bits per heavy atom. The van der Waals surface area contributed by atoms with Gasteiger partial charge in [-0.1, -0.05) is 53.5 Å². The number of nitrogens with zero attached hydrogens (tertiary/aromatic N) is 4. The molecule has 0 spiro atoms. The largest absolute Gasteiger partial charge is 0.297 e. The molecule has 1 aliphatic carbocycles. The van der Waals surface area contributed by atoms with Crippen molar-refractivity contribution in [2.24, 2.45) is 5.10 Å². The van der Waals surface area contributed by atoms with Crippen molar-refractivity contribution in [1.29, 1.82) is 10.7 Å². The van der Waals surface area contributed by atoms with E-state index < -0.39 is 0 Å². The third-order valence-electron chi connectivity index (χ3n) is 5.82. The number of ketones is 1. The highest BCUT2D eigenvalue weighted by atomic mass is 35.5. The van der Waals surface area contributed by atoms with Crippen molar-refractivity contribution in [3.63, 3.8) is 0 Å². The van der Waals surface area contributed by atoms with Crippen molar-refractivity contribution in [3.8, 4) is 23.0 Å². The zero-order chi connectivity index (χ0) is 25.9. The van der Waals surface area contributed by atoms with Crippen molar-refractivity contribution in [2.75, 3.05) is 5.43 Å². The summed E-state index contributed by atoms with van der Waals surface area (Å²) in [5, 5.41) is 28.7. The van der Waals surface area contributed by atoms with Crippen LogP contribution in [0.4, 0.5) is 5.69 Å². The standard InChI is InChI=1S/C28H18Cl2N6O/c29-18-8-6-17(7-9-18)27-24(16-36(35-27)21-4-2-1-3-5-21)22-14-25(37)28(26(32)23(22)15-31)34-33-20-12-10-19(30)11-13-20/h1-13,16,32-33H,14H2/b32-26?,34-28-. The summed E-state index contributed by atoms with van der Waals surface area (Å²) < 4.78 is 1.70. The van der Waals surface area contributed by atoms with Gasteiger partial charge in [0.25, 0.3) is 0 Å². The van der Waals surface area contributed by atoms with Crippen LogP contribution < -0.4 is 5.43 Å². The van der Waals surface area contributed by atoms with Gasteiger partial charge in [-0.3, -0.25) is 15.6 Å². The predicted octanol–water partition coefficient (Wildman–Crippen LogP) is 6.58. The van der Waals surface area contributed by atoms with Gasteiger partial charge in [-0.05, 0) is 54.1 Å². The molecule has 180 valence electrons. The zero-order valence-corrected chi connectivity index (χ0v) is 20.8. The number of rotatable bonds is 5. The molecule has 0 aliphatic heterocycles. The van der Waals surface area contributed by atoms with E-state index in [2.05, 4.69) is 16.6 Å². The molecule has 9 heteroatoms. The number of Topliss-reactive ketones (excluding diaryl/α,β-unsaturated/α-hetero) is 1. The maximum atomic E-state index is 13.2. The van der Waals surface area contributed by atoms with E-state index in [1.807, 2.05) is 42.5 Å². The van der Waals surface area contributed by atoms with Crippen LogP contribution >= 0.6 is 23.2 Å². The molecule has 0 amide bonds. The van der Waals surface area contributed by atoms with Crippen LogP contribution in [0.2, 0.25) is 10.0 Å².